The van der Waals surface area contributed by atoms with Gasteiger partial charge in [-0.05, 0) is 31.1 Å². The molecule has 0 amide bonds. The Bertz CT molecular complexity index is 701. The molecule has 5 heteroatoms. The van der Waals surface area contributed by atoms with Crippen molar-refractivity contribution in [3.63, 3.8) is 0 Å². The van der Waals surface area contributed by atoms with Crippen molar-refractivity contribution >= 4 is 17.6 Å². The zero-order valence-electron chi connectivity index (χ0n) is 16.8. The highest BCUT2D eigenvalue weighted by molar-refractivity contribution is 7.98. The van der Waals surface area contributed by atoms with Crippen LogP contribution in [0.15, 0.2) is 41.7 Å². The monoisotopic (exact) mass is 384 g/mol. The second kappa shape index (κ2) is 10.1. The maximum atomic E-state index is 4.88. The summed E-state index contributed by atoms with van der Waals surface area (Å²) in [6.07, 6.45) is 11.7. The number of nitrogens with zero attached hydrogens (tertiary/aromatic N) is 3. The molecule has 1 aliphatic carbocycles. The minimum Gasteiger partial charge on any atom is -0.356 e. The first kappa shape index (κ1) is 20.2. The van der Waals surface area contributed by atoms with Gasteiger partial charge < -0.3 is 10.2 Å². The molecule has 1 saturated carbocycles. The number of anilines is 1. The van der Waals surface area contributed by atoms with Crippen molar-refractivity contribution in [3.8, 4) is 0 Å². The highest BCUT2D eigenvalue weighted by Crippen LogP contribution is 2.28. The molecule has 0 bridgehead atoms. The normalized spacial score (nSPS) is 16.3. The van der Waals surface area contributed by atoms with Crippen LogP contribution in [-0.4, -0.2) is 29.3 Å². The molecule has 4 nitrogen and oxygen atoms in total. The molecular weight excluding hydrogens is 352 g/mol. The van der Waals surface area contributed by atoms with E-state index in [-0.39, 0.29) is 0 Å². The third kappa shape index (κ3) is 5.23. The van der Waals surface area contributed by atoms with Crippen molar-refractivity contribution in [2.24, 2.45) is 0 Å². The molecule has 0 radical (unpaired) electrons. The van der Waals surface area contributed by atoms with Crippen LogP contribution in [0.5, 0.6) is 0 Å². The number of benzene rings is 1. The van der Waals surface area contributed by atoms with Gasteiger partial charge in [0.1, 0.15) is 5.82 Å². The molecule has 1 N–H and O–H groups in total. The summed E-state index contributed by atoms with van der Waals surface area (Å²) in [7, 11) is 2.21. The number of hydrogen-bond acceptors (Lipinski definition) is 5. The third-order valence-electron chi connectivity index (χ3n) is 5.61. The SMILES string of the molecule is CC[C@H](NCc1cnc(SC)nc1N(C)C1CCCCC1)c1ccccc1. The summed E-state index contributed by atoms with van der Waals surface area (Å²) < 4.78 is 0. The zero-order valence-corrected chi connectivity index (χ0v) is 17.6. The number of hydrogen-bond donors (Lipinski definition) is 1. The lowest BCUT2D eigenvalue weighted by Crippen LogP contribution is -2.35. The maximum absolute atomic E-state index is 4.88. The van der Waals surface area contributed by atoms with Crippen LogP contribution in [0.1, 0.15) is 62.6 Å². The first-order chi connectivity index (χ1) is 13.2. The van der Waals surface area contributed by atoms with Gasteiger partial charge in [-0.1, -0.05) is 68.3 Å². The van der Waals surface area contributed by atoms with Crippen LogP contribution < -0.4 is 10.2 Å². The van der Waals surface area contributed by atoms with E-state index >= 15 is 0 Å². The number of rotatable bonds is 8. The van der Waals surface area contributed by atoms with Crippen LogP contribution in [0, 0.1) is 0 Å². The van der Waals surface area contributed by atoms with Gasteiger partial charge >= 0.3 is 0 Å². The van der Waals surface area contributed by atoms with Crippen molar-refractivity contribution in [1.82, 2.24) is 15.3 Å². The van der Waals surface area contributed by atoms with Crippen molar-refractivity contribution < 1.29 is 0 Å². The minimum absolute atomic E-state index is 0.347. The standard InChI is InChI=1S/C22H32N4S/c1-4-20(17-11-7-5-8-12-17)23-15-18-16-24-22(27-3)25-21(18)26(2)19-13-9-6-10-14-19/h5,7-8,11-12,16,19-20,23H,4,6,9-10,13-15H2,1-3H3/t20-/m0/s1. The number of aromatic nitrogens is 2. The van der Waals surface area contributed by atoms with Crippen molar-refractivity contribution in [2.45, 2.75) is 69.2 Å². The van der Waals surface area contributed by atoms with Crippen LogP contribution in [0.25, 0.3) is 0 Å². The van der Waals surface area contributed by atoms with Crippen LogP contribution in [0.4, 0.5) is 5.82 Å². The first-order valence-corrected chi connectivity index (χ1v) is 11.4. The Morgan fingerprint density at radius 1 is 1.19 bits per heavy atom. The second-order valence-electron chi connectivity index (χ2n) is 7.36. The van der Waals surface area contributed by atoms with Gasteiger partial charge in [-0.25, -0.2) is 9.97 Å². The Morgan fingerprint density at radius 3 is 2.59 bits per heavy atom. The molecule has 2 aromatic rings. The Hall–Kier alpha value is -1.59. The molecule has 1 aliphatic rings. The fourth-order valence-corrected chi connectivity index (χ4v) is 4.30. The quantitative estimate of drug-likeness (QED) is 0.500. The Labute approximate surface area is 168 Å². The van der Waals surface area contributed by atoms with Crippen molar-refractivity contribution in [2.75, 3.05) is 18.2 Å². The van der Waals surface area contributed by atoms with E-state index in [1.807, 2.05) is 12.5 Å². The molecule has 1 heterocycles. The first-order valence-electron chi connectivity index (χ1n) is 10.1. The van der Waals surface area contributed by atoms with Gasteiger partial charge in [0, 0.05) is 37.4 Å². The number of thioether (sulfide) groups is 1. The van der Waals surface area contributed by atoms with Gasteiger partial charge in [0.25, 0.3) is 0 Å². The van der Waals surface area contributed by atoms with E-state index < -0.39 is 0 Å². The molecule has 1 aromatic heterocycles. The van der Waals surface area contributed by atoms with E-state index in [9.17, 15) is 0 Å². The van der Waals surface area contributed by atoms with Crippen LogP contribution in [-0.2, 0) is 6.54 Å². The molecule has 3 rings (SSSR count). The summed E-state index contributed by atoms with van der Waals surface area (Å²) in [6, 6.07) is 11.6. The Kier molecular flexibility index (Phi) is 7.53. The third-order valence-corrected chi connectivity index (χ3v) is 6.17. The summed E-state index contributed by atoms with van der Waals surface area (Å²) >= 11 is 1.61. The summed E-state index contributed by atoms with van der Waals surface area (Å²) in [4.78, 5) is 11.8. The number of nitrogens with one attached hydrogen (secondary N) is 1. The van der Waals surface area contributed by atoms with E-state index in [0.29, 0.717) is 12.1 Å². The lowest BCUT2D eigenvalue weighted by atomic mass is 9.94. The lowest BCUT2D eigenvalue weighted by Gasteiger charge is -2.33. The van der Waals surface area contributed by atoms with Gasteiger partial charge in [0.05, 0.1) is 0 Å². The van der Waals surface area contributed by atoms with E-state index in [1.165, 1.54) is 43.2 Å². The predicted octanol–water partition coefficient (Wildman–Crippen LogP) is 5.21. The van der Waals surface area contributed by atoms with Gasteiger partial charge in [-0.15, -0.1) is 0 Å². The Balaban J connectivity index is 1.77. The molecule has 1 atom stereocenters. The van der Waals surface area contributed by atoms with E-state index in [1.54, 1.807) is 11.8 Å². The van der Waals surface area contributed by atoms with Crippen LogP contribution in [0.3, 0.4) is 0 Å². The zero-order chi connectivity index (χ0) is 19.1. The average Bonchev–Trinajstić information content (AvgIpc) is 2.75. The van der Waals surface area contributed by atoms with Crippen molar-refractivity contribution in [3.05, 3.63) is 47.7 Å². The van der Waals surface area contributed by atoms with E-state index in [0.717, 1.165) is 23.9 Å². The molecule has 146 valence electrons. The van der Waals surface area contributed by atoms with E-state index in [2.05, 4.69) is 59.5 Å². The average molecular weight is 385 g/mol. The van der Waals surface area contributed by atoms with Gasteiger partial charge in [-0.2, -0.15) is 0 Å². The van der Waals surface area contributed by atoms with Crippen molar-refractivity contribution in [1.29, 1.82) is 0 Å². The van der Waals surface area contributed by atoms with Gasteiger partial charge in [0.15, 0.2) is 5.16 Å². The molecule has 27 heavy (non-hydrogen) atoms. The highest BCUT2D eigenvalue weighted by atomic mass is 32.2. The molecule has 0 spiro atoms. The fraction of sp³-hybridized carbons (Fsp3) is 0.545. The van der Waals surface area contributed by atoms with Crippen LogP contribution in [0.2, 0.25) is 0 Å². The smallest absolute Gasteiger partial charge is 0.189 e. The topological polar surface area (TPSA) is 41.1 Å². The summed E-state index contributed by atoms with van der Waals surface area (Å²) in [5.74, 6) is 1.09. The molecule has 1 aromatic carbocycles. The fourth-order valence-electron chi connectivity index (χ4n) is 3.97. The molecule has 0 aliphatic heterocycles. The van der Waals surface area contributed by atoms with Gasteiger partial charge in [0.2, 0.25) is 0 Å². The maximum Gasteiger partial charge on any atom is 0.189 e. The highest BCUT2D eigenvalue weighted by Gasteiger charge is 2.22. The second-order valence-corrected chi connectivity index (χ2v) is 8.13. The van der Waals surface area contributed by atoms with E-state index in [4.69, 9.17) is 4.98 Å². The summed E-state index contributed by atoms with van der Waals surface area (Å²) in [6.45, 7) is 3.02. The molecule has 1 fully saturated rings. The predicted molar refractivity (Wildman–Crippen MR) is 115 cm³/mol. The van der Waals surface area contributed by atoms with Gasteiger partial charge in [-0.3, -0.25) is 0 Å². The summed E-state index contributed by atoms with van der Waals surface area (Å²) in [5.41, 5.74) is 2.53. The largest absolute Gasteiger partial charge is 0.356 e. The molecule has 0 unspecified atom stereocenters. The molecular formula is C22H32N4S. The molecule has 0 saturated heterocycles. The lowest BCUT2D eigenvalue weighted by molar-refractivity contribution is 0.424. The Morgan fingerprint density at radius 2 is 1.93 bits per heavy atom. The van der Waals surface area contributed by atoms with Crippen LogP contribution >= 0.6 is 11.8 Å². The summed E-state index contributed by atoms with van der Waals surface area (Å²) in [5, 5.41) is 4.58. The minimum atomic E-state index is 0.347.